The van der Waals surface area contributed by atoms with Crippen LogP contribution in [-0.4, -0.2) is 44.3 Å². The predicted octanol–water partition coefficient (Wildman–Crippen LogP) is 4.03. The Labute approximate surface area is 157 Å². The summed E-state index contributed by atoms with van der Waals surface area (Å²) in [5.41, 5.74) is 1.10. The molecule has 5 nitrogen and oxygen atoms in total. The number of aromatic nitrogens is 1. The molecule has 6 heteroatoms. The van der Waals surface area contributed by atoms with Gasteiger partial charge in [-0.05, 0) is 42.7 Å². The number of benzene rings is 2. The van der Waals surface area contributed by atoms with Crippen molar-refractivity contribution in [3.8, 4) is 11.5 Å². The van der Waals surface area contributed by atoms with Gasteiger partial charge in [0.2, 0.25) is 0 Å². The van der Waals surface area contributed by atoms with Crippen LogP contribution in [0.25, 0.3) is 10.1 Å². The van der Waals surface area contributed by atoms with Crippen molar-refractivity contribution < 1.29 is 9.47 Å². The highest BCUT2D eigenvalue weighted by Gasteiger charge is 2.23. The molecule has 1 aliphatic rings. The molecule has 0 radical (unpaired) electrons. The number of rotatable bonds is 5. The summed E-state index contributed by atoms with van der Waals surface area (Å²) in [5, 5.41) is 1.25. The third-order valence-electron chi connectivity index (χ3n) is 4.74. The average Bonchev–Trinajstić information content (AvgIpc) is 3.12. The quantitative estimate of drug-likeness (QED) is 0.679. The van der Waals surface area contributed by atoms with Crippen molar-refractivity contribution in [3.63, 3.8) is 0 Å². The van der Waals surface area contributed by atoms with E-state index < -0.39 is 0 Å². The first kappa shape index (κ1) is 17.0. The van der Waals surface area contributed by atoms with E-state index in [-0.39, 0.29) is 0 Å². The fraction of sp³-hybridized carbons (Fsp3) is 0.350. The van der Waals surface area contributed by atoms with E-state index in [2.05, 4.69) is 40.1 Å². The SMILES string of the molecule is CCOc1cccc(N2CCN(c3nsc4ccccc34)CC2)c1OC. The predicted molar refractivity (Wildman–Crippen MR) is 108 cm³/mol. The number of piperazine rings is 1. The fourth-order valence-electron chi connectivity index (χ4n) is 3.49. The molecular formula is C20H23N3O2S. The number of anilines is 2. The van der Waals surface area contributed by atoms with Crippen LogP contribution in [0.3, 0.4) is 0 Å². The molecule has 0 amide bonds. The van der Waals surface area contributed by atoms with Crippen LogP contribution >= 0.6 is 11.5 Å². The first-order valence-corrected chi connectivity index (χ1v) is 9.73. The molecule has 2 heterocycles. The molecule has 26 heavy (non-hydrogen) atoms. The van der Waals surface area contributed by atoms with E-state index in [4.69, 9.17) is 13.8 Å². The molecule has 2 aromatic carbocycles. The van der Waals surface area contributed by atoms with Gasteiger partial charge in [-0.25, -0.2) is 0 Å². The van der Waals surface area contributed by atoms with Gasteiger partial charge in [-0.15, -0.1) is 0 Å². The van der Waals surface area contributed by atoms with Crippen molar-refractivity contribution in [1.29, 1.82) is 0 Å². The van der Waals surface area contributed by atoms with E-state index in [0.717, 1.165) is 49.2 Å². The van der Waals surface area contributed by atoms with E-state index in [1.165, 1.54) is 10.1 Å². The Morgan fingerprint density at radius 3 is 2.54 bits per heavy atom. The summed E-state index contributed by atoms with van der Waals surface area (Å²) in [6, 6.07) is 14.5. The normalized spacial score (nSPS) is 14.7. The summed E-state index contributed by atoms with van der Waals surface area (Å²) in [6.07, 6.45) is 0. The molecule has 136 valence electrons. The van der Waals surface area contributed by atoms with Crippen LogP contribution in [0.15, 0.2) is 42.5 Å². The zero-order chi connectivity index (χ0) is 17.9. The maximum atomic E-state index is 5.72. The minimum Gasteiger partial charge on any atom is -0.491 e. The third-order valence-corrected chi connectivity index (χ3v) is 5.56. The van der Waals surface area contributed by atoms with E-state index in [0.29, 0.717) is 6.61 Å². The zero-order valence-corrected chi connectivity index (χ0v) is 16.0. The summed E-state index contributed by atoms with van der Waals surface area (Å²) >= 11 is 1.58. The Hall–Kier alpha value is -2.47. The molecule has 0 atom stereocenters. The molecular weight excluding hydrogens is 346 g/mol. The molecule has 0 unspecified atom stereocenters. The molecule has 0 bridgehead atoms. The van der Waals surface area contributed by atoms with Crippen molar-refractivity contribution in [2.75, 3.05) is 49.7 Å². The number of ether oxygens (including phenoxy) is 2. The highest BCUT2D eigenvalue weighted by atomic mass is 32.1. The van der Waals surface area contributed by atoms with Crippen LogP contribution in [0.4, 0.5) is 11.5 Å². The van der Waals surface area contributed by atoms with Crippen molar-refractivity contribution in [3.05, 3.63) is 42.5 Å². The fourth-order valence-corrected chi connectivity index (χ4v) is 4.28. The number of hydrogen-bond acceptors (Lipinski definition) is 6. The molecule has 1 aliphatic heterocycles. The maximum absolute atomic E-state index is 5.72. The monoisotopic (exact) mass is 369 g/mol. The minimum atomic E-state index is 0.629. The molecule has 0 aliphatic carbocycles. The van der Waals surface area contributed by atoms with Gasteiger partial charge in [0, 0.05) is 31.6 Å². The van der Waals surface area contributed by atoms with Gasteiger partial charge in [-0.3, -0.25) is 0 Å². The Balaban J connectivity index is 1.53. The van der Waals surface area contributed by atoms with Gasteiger partial charge in [-0.1, -0.05) is 18.2 Å². The smallest absolute Gasteiger partial charge is 0.184 e. The molecule has 0 spiro atoms. The van der Waals surface area contributed by atoms with Gasteiger partial charge in [0.05, 0.1) is 24.1 Å². The van der Waals surface area contributed by atoms with Gasteiger partial charge < -0.3 is 19.3 Å². The van der Waals surface area contributed by atoms with Crippen molar-refractivity contribution in [2.24, 2.45) is 0 Å². The molecule has 1 saturated heterocycles. The van der Waals surface area contributed by atoms with Crippen LogP contribution in [0.5, 0.6) is 11.5 Å². The molecule has 3 aromatic rings. The lowest BCUT2D eigenvalue weighted by molar-refractivity contribution is 0.311. The summed E-state index contributed by atoms with van der Waals surface area (Å²) in [5.74, 6) is 2.74. The largest absolute Gasteiger partial charge is 0.491 e. The first-order chi connectivity index (χ1) is 12.8. The van der Waals surface area contributed by atoms with Gasteiger partial charge in [-0.2, -0.15) is 4.37 Å². The number of fused-ring (bicyclic) bond motifs is 1. The van der Waals surface area contributed by atoms with E-state index in [9.17, 15) is 0 Å². The minimum absolute atomic E-state index is 0.629. The molecule has 1 fully saturated rings. The maximum Gasteiger partial charge on any atom is 0.184 e. The average molecular weight is 369 g/mol. The van der Waals surface area contributed by atoms with E-state index >= 15 is 0 Å². The second kappa shape index (κ2) is 7.41. The Morgan fingerprint density at radius 1 is 1.00 bits per heavy atom. The van der Waals surface area contributed by atoms with Gasteiger partial charge in [0.1, 0.15) is 5.82 Å². The second-order valence-corrected chi connectivity index (χ2v) is 7.02. The van der Waals surface area contributed by atoms with Crippen molar-refractivity contribution >= 4 is 33.1 Å². The van der Waals surface area contributed by atoms with Crippen molar-refractivity contribution in [1.82, 2.24) is 4.37 Å². The highest BCUT2D eigenvalue weighted by Crippen LogP contribution is 2.38. The molecule has 0 saturated carbocycles. The van der Waals surface area contributed by atoms with Crippen molar-refractivity contribution in [2.45, 2.75) is 6.92 Å². The number of hydrogen-bond donors (Lipinski definition) is 0. The highest BCUT2D eigenvalue weighted by molar-refractivity contribution is 7.13. The molecule has 0 N–H and O–H groups in total. The third kappa shape index (κ3) is 3.05. The number of nitrogens with zero attached hydrogens (tertiary/aromatic N) is 3. The van der Waals surface area contributed by atoms with Gasteiger partial charge >= 0.3 is 0 Å². The first-order valence-electron chi connectivity index (χ1n) is 8.96. The Bertz CT molecular complexity index is 888. The summed E-state index contributed by atoms with van der Waals surface area (Å²) in [7, 11) is 1.71. The lowest BCUT2D eigenvalue weighted by atomic mass is 10.2. The number of para-hydroxylation sites is 1. The second-order valence-electron chi connectivity index (χ2n) is 6.22. The lowest BCUT2D eigenvalue weighted by Crippen LogP contribution is -2.46. The van der Waals surface area contributed by atoms with Crippen LogP contribution in [-0.2, 0) is 0 Å². The topological polar surface area (TPSA) is 37.8 Å². The molecule has 1 aromatic heterocycles. The summed E-state index contributed by atoms with van der Waals surface area (Å²) in [6.45, 7) is 6.36. The van der Waals surface area contributed by atoms with Crippen LogP contribution in [0, 0.1) is 0 Å². The van der Waals surface area contributed by atoms with E-state index in [1.54, 1.807) is 18.6 Å². The van der Waals surface area contributed by atoms with Crippen LogP contribution in [0.1, 0.15) is 6.92 Å². The zero-order valence-electron chi connectivity index (χ0n) is 15.1. The van der Waals surface area contributed by atoms with Crippen LogP contribution in [0.2, 0.25) is 0 Å². The Morgan fingerprint density at radius 2 is 1.77 bits per heavy atom. The van der Waals surface area contributed by atoms with E-state index in [1.807, 2.05) is 19.1 Å². The summed E-state index contributed by atoms with van der Waals surface area (Å²) in [4.78, 5) is 4.75. The summed E-state index contributed by atoms with van der Waals surface area (Å²) < 4.78 is 17.3. The number of methoxy groups -OCH3 is 1. The van der Waals surface area contributed by atoms with Gasteiger partial charge in [0.15, 0.2) is 11.5 Å². The standard InChI is InChI=1S/C20H23N3O2S/c1-3-25-17-9-6-8-16(19(17)24-2)22-11-13-23(14-12-22)20-15-7-4-5-10-18(15)26-21-20/h4-10H,3,11-14H2,1-2H3. The van der Waals surface area contributed by atoms with Crippen LogP contribution < -0.4 is 19.3 Å². The Kier molecular flexibility index (Phi) is 4.84. The van der Waals surface area contributed by atoms with Gasteiger partial charge in [0.25, 0.3) is 0 Å². The molecule has 4 rings (SSSR count). The lowest BCUT2D eigenvalue weighted by Gasteiger charge is -2.37.